The van der Waals surface area contributed by atoms with Crippen molar-refractivity contribution in [3.63, 3.8) is 0 Å². The highest BCUT2D eigenvalue weighted by Gasteiger charge is 2.33. The maximum Gasteiger partial charge on any atom is 0.374 e. The second-order valence-electron chi connectivity index (χ2n) is 4.40. The number of aryl methyl sites for hydroxylation is 2. The largest absolute Gasteiger partial charge is 1.00 e. The van der Waals surface area contributed by atoms with E-state index < -0.39 is 0 Å². The zero-order valence-corrected chi connectivity index (χ0v) is 14.3. The van der Waals surface area contributed by atoms with Gasteiger partial charge in [-0.25, -0.2) is 4.57 Å². The summed E-state index contributed by atoms with van der Waals surface area (Å²) in [4.78, 5) is 0. The number of pyridine rings is 2. The molecule has 0 spiro atoms. The topological polar surface area (TPSA) is 25.1 Å². The van der Waals surface area contributed by atoms with Gasteiger partial charge in [-0.15, -0.1) is 0 Å². The molecule has 0 N–H and O–H groups in total. The van der Waals surface area contributed by atoms with Gasteiger partial charge in [-0.3, -0.25) is 0 Å². The van der Waals surface area contributed by atoms with Crippen LogP contribution in [0.15, 0.2) is 42.7 Å². The molecular formula is C13H11Br2ClN4. The molecular weight excluding hydrogens is 407 g/mol. The molecule has 4 heterocycles. The fraction of sp³-hybridized carbons (Fsp3) is 0.154. The van der Waals surface area contributed by atoms with Gasteiger partial charge in [0.15, 0.2) is 12.7 Å². The first kappa shape index (κ1) is 15.4. The normalized spacial score (nSPS) is 12.1. The minimum absolute atomic E-state index is 0. The summed E-state index contributed by atoms with van der Waals surface area (Å²) in [5.74, 6) is 0.990. The van der Waals surface area contributed by atoms with E-state index in [0.29, 0.717) is 5.02 Å². The Morgan fingerprint density at radius 2 is 1.95 bits per heavy atom. The Labute approximate surface area is 142 Å². The van der Waals surface area contributed by atoms with Crippen LogP contribution < -0.4 is 43.1 Å². The van der Waals surface area contributed by atoms with E-state index in [4.69, 9.17) is 11.6 Å². The van der Waals surface area contributed by atoms with Crippen LogP contribution in [-0.2, 0) is 13.1 Å². The monoisotopic (exact) mass is 416 g/mol. The average molecular weight is 419 g/mol. The number of rotatable bonds is 0. The third-order valence-electron chi connectivity index (χ3n) is 3.34. The van der Waals surface area contributed by atoms with Crippen LogP contribution in [0.4, 0.5) is 0 Å². The van der Waals surface area contributed by atoms with Crippen LogP contribution in [0.3, 0.4) is 0 Å². The lowest BCUT2D eigenvalue weighted by molar-refractivity contribution is -0.784. The van der Waals surface area contributed by atoms with Crippen LogP contribution in [0.25, 0.3) is 17.2 Å². The molecule has 0 radical (unpaired) electrons. The molecule has 4 nitrogen and oxygen atoms in total. The third-order valence-corrected chi connectivity index (χ3v) is 3.56. The van der Waals surface area contributed by atoms with E-state index in [-0.39, 0.29) is 34.0 Å². The summed E-state index contributed by atoms with van der Waals surface area (Å²) in [7, 11) is 0. The Morgan fingerprint density at radius 1 is 1.10 bits per heavy atom. The van der Waals surface area contributed by atoms with Gasteiger partial charge in [0, 0.05) is 18.2 Å². The second kappa shape index (κ2) is 5.79. The summed E-state index contributed by atoms with van der Waals surface area (Å²) >= 11 is 6.01. The van der Waals surface area contributed by atoms with Crippen molar-refractivity contribution in [3.05, 3.63) is 47.7 Å². The molecule has 0 atom stereocenters. The molecule has 3 aromatic rings. The molecule has 1 aliphatic heterocycles. The summed E-state index contributed by atoms with van der Waals surface area (Å²) in [6.45, 7) is 1.90. The predicted octanol–water partition coefficient (Wildman–Crippen LogP) is -4.75. The molecule has 3 aromatic heterocycles. The van der Waals surface area contributed by atoms with Gasteiger partial charge in [0.25, 0.3) is 11.3 Å². The molecule has 0 saturated heterocycles. The number of hydrogen-bond donors (Lipinski definition) is 0. The lowest BCUT2D eigenvalue weighted by Crippen LogP contribution is -3.00. The van der Waals surface area contributed by atoms with E-state index in [0.717, 1.165) is 30.3 Å². The highest BCUT2D eigenvalue weighted by atomic mass is 79.9. The SMILES string of the molecule is Clc1ccc2n(c1)nc1[n+]2CC[n+]2ccccc2-1.[Br-].[Br-]. The van der Waals surface area contributed by atoms with Crippen LogP contribution in [-0.4, -0.2) is 9.61 Å². The number of halogens is 3. The maximum absolute atomic E-state index is 6.01. The maximum atomic E-state index is 6.01. The quantitative estimate of drug-likeness (QED) is 0.337. The van der Waals surface area contributed by atoms with Gasteiger partial charge in [0.1, 0.15) is 12.7 Å². The molecule has 0 bridgehead atoms. The first-order chi connectivity index (χ1) is 8.83. The van der Waals surface area contributed by atoms with Gasteiger partial charge in [-0.05, 0) is 12.1 Å². The van der Waals surface area contributed by atoms with Crippen molar-refractivity contribution in [2.24, 2.45) is 0 Å². The molecule has 0 saturated carbocycles. The summed E-state index contributed by atoms with van der Waals surface area (Å²) in [6.07, 6.45) is 3.94. The lowest BCUT2D eigenvalue weighted by Gasteiger charge is -2.06. The van der Waals surface area contributed by atoms with Gasteiger partial charge < -0.3 is 34.0 Å². The standard InChI is InChI=1S/C13H11ClN4.2BrH/c14-10-4-5-12-17-8-7-16-6-2-1-3-11(16)13(17)15-18(12)9-10;;/h1-6,9H,7-8H2;2*1H/q+2;;/p-2. The molecule has 104 valence electrons. The van der Waals surface area contributed by atoms with Crippen molar-refractivity contribution in [2.45, 2.75) is 13.1 Å². The van der Waals surface area contributed by atoms with Crippen LogP contribution in [0.1, 0.15) is 0 Å². The van der Waals surface area contributed by atoms with E-state index in [9.17, 15) is 0 Å². The smallest absolute Gasteiger partial charge is 0.374 e. The molecule has 20 heavy (non-hydrogen) atoms. The van der Waals surface area contributed by atoms with Gasteiger partial charge in [-0.1, -0.05) is 16.1 Å². The number of fused-ring (bicyclic) bond motifs is 5. The highest BCUT2D eigenvalue weighted by molar-refractivity contribution is 6.30. The van der Waals surface area contributed by atoms with E-state index in [2.05, 4.69) is 26.5 Å². The fourth-order valence-corrected chi connectivity index (χ4v) is 2.66. The Balaban J connectivity index is 0.000000735. The summed E-state index contributed by atoms with van der Waals surface area (Å²) in [5.41, 5.74) is 2.22. The summed E-state index contributed by atoms with van der Waals surface area (Å²) in [5, 5.41) is 5.33. The Kier molecular flexibility index (Phi) is 4.46. The molecule has 0 unspecified atom stereocenters. The molecule has 4 rings (SSSR count). The van der Waals surface area contributed by atoms with Crippen molar-refractivity contribution in [1.82, 2.24) is 9.61 Å². The van der Waals surface area contributed by atoms with Crippen LogP contribution >= 0.6 is 11.6 Å². The van der Waals surface area contributed by atoms with Crippen LogP contribution in [0.2, 0.25) is 5.02 Å². The van der Waals surface area contributed by atoms with Crippen molar-refractivity contribution in [2.75, 3.05) is 0 Å². The van der Waals surface area contributed by atoms with E-state index in [1.54, 1.807) is 0 Å². The minimum atomic E-state index is 0. The van der Waals surface area contributed by atoms with Gasteiger partial charge in [0.2, 0.25) is 0 Å². The molecule has 1 aliphatic rings. The molecule has 0 aliphatic carbocycles. The second-order valence-corrected chi connectivity index (χ2v) is 4.84. The van der Waals surface area contributed by atoms with Crippen molar-refractivity contribution in [1.29, 1.82) is 0 Å². The zero-order valence-electron chi connectivity index (χ0n) is 10.4. The van der Waals surface area contributed by atoms with E-state index >= 15 is 0 Å². The van der Waals surface area contributed by atoms with Crippen molar-refractivity contribution < 1.29 is 43.1 Å². The number of hydrogen-bond acceptors (Lipinski definition) is 1. The Hall–Kier alpha value is -0.980. The minimum Gasteiger partial charge on any atom is -1.00 e. The Bertz CT molecular complexity index is 772. The number of nitrogens with zero attached hydrogens (tertiary/aromatic N) is 4. The predicted molar refractivity (Wildman–Crippen MR) is 66.0 cm³/mol. The van der Waals surface area contributed by atoms with Gasteiger partial charge >= 0.3 is 5.82 Å². The average Bonchev–Trinajstić information content (AvgIpc) is 2.76. The summed E-state index contributed by atoms with van der Waals surface area (Å²) < 4.78 is 6.30. The summed E-state index contributed by atoms with van der Waals surface area (Å²) in [6, 6.07) is 10.1. The van der Waals surface area contributed by atoms with Crippen LogP contribution in [0, 0.1) is 0 Å². The fourth-order valence-electron chi connectivity index (χ4n) is 2.51. The number of aromatic nitrogens is 4. The third kappa shape index (κ3) is 2.25. The molecule has 7 heteroatoms. The van der Waals surface area contributed by atoms with Gasteiger partial charge in [-0.2, -0.15) is 4.57 Å². The molecule has 0 fully saturated rings. The first-order valence-electron chi connectivity index (χ1n) is 5.89. The van der Waals surface area contributed by atoms with Crippen molar-refractivity contribution >= 4 is 17.2 Å². The van der Waals surface area contributed by atoms with Crippen molar-refractivity contribution in [3.8, 4) is 11.5 Å². The zero-order chi connectivity index (χ0) is 12.1. The first-order valence-corrected chi connectivity index (χ1v) is 6.27. The van der Waals surface area contributed by atoms with E-state index in [1.807, 2.05) is 35.0 Å². The molecule has 0 amide bonds. The van der Waals surface area contributed by atoms with Gasteiger partial charge in [0.05, 0.1) is 10.1 Å². The molecule has 0 aromatic carbocycles. The highest BCUT2D eigenvalue weighted by Crippen LogP contribution is 2.15. The van der Waals surface area contributed by atoms with E-state index in [1.165, 1.54) is 0 Å². The Morgan fingerprint density at radius 3 is 2.80 bits per heavy atom. The lowest BCUT2D eigenvalue weighted by atomic mass is 10.2. The van der Waals surface area contributed by atoms with Crippen LogP contribution in [0.5, 0.6) is 0 Å².